The molecule has 30 heavy (non-hydrogen) atoms. The van der Waals surface area contributed by atoms with E-state index >= 15 is 0 Å². The van der Waals surface area contributed by atoms with Crippen molar-refractivity contribution in [1.29, 1.82) is 0 Å². The molecule has 8 nitrogen and oxygen atoms in total. The molecule has 11 heteroatoms. The van der Waals surface area contributed by atoms with Crippen molar-refractivity contribution >= 4 is 11.6 Å². The second-order valence-electron chi connectivity index (χ2n) is 6.51. The van der Waals surface area contributed by atoms with Crippen LogP contribution in [0.25, 0.3) is 0 Å². The highest BCUT2D eigenvalue weighted by atomic mass is 19.4. The summed E-state index contributed by atoms with van der Waals surface area (Å²) in [7, 11) is 3.09. The smallest absolute Gasteiger partial charge is 0.432 e. The maximum absolute atomic E-state index is 12.7. The first-order valence-electron chi connectivity index (χ1n) is 8.83. The Morgan fingerprint density at radius 2 is 1.87 bits per heavy atom. The zero-order valence-electron chi connectivity index (χ0n) is 16.7. The lowest BCUT2D eigenvalue weighted by molar-refractivity contribution is -0.141. The number of aryl methyl sites for hydroxylation is 1. The van der Waals surface area contributed by atoms with Crippen molar-refractivity contribution in [2.45, 2.75) is 26.6 Å². The summed E-state index contributed by atoms with van der Waals surface area (Å²) in [5, 5.41) is 12.3. The molecule has 1 aromatic carbocycles. The van der Waals surface area contributed by atoms with Gasteiger partial charge in [0.05, 0.1) is 37.8 Å². The Morgan fingerprint density at radius 3 is 2.47 bits per heavy atom. The highest BCUT2D eigenvalue weighted by Crippen LogP contribution is 2.30. The van der Waals surface area contributed by atoms with Gasteiger partial charge in [-0.1, -0.05) is 6.07 Å². The summed E-state index contributed by atoms with van der Waals surface area (Å²) in [6.45, 7) is 3.84. The van der Waals surface area contributed by atoms with Crippen LogP contribution in [0.5, 0.6) is 11.5 Å². The fourth-order valence-electron chi connectivity index (χ4n) is 2.94. The van der Waals surface area contributed by atoms with Crippen molar-refractivity contribution in [3.63, 3.8) is 0 Å². The number of hydrogen-bond donors (Lipinski definition) is 2. The number of benzene rings is 1. The quantitative estimate of drug-likeness (QED) is 0.632. The second-order valence-corrected chi connectivity index (χ2v) is 6.51. The van der Waals surface area contributed by atoms with Crippen LogP contribution in [-0.2, 0) is 12.7 Å². The molecule has 2 N–H and O–H groups in total. The van der Waals surface area contributed by atoms with E-state index < -0.39 is 17.8 Å². The molecule has 0 fully saturated rings. The molecule has 0 saturated heterocycles. The average molecular weight is 423 g/mol. The summed E-state index contributed by atoms with van der Waals surface area (Å²) in [4.78, 5) is 12.4. The van der Waals surface area contributed by atoms with E-state index in [0.29, 0.717) is 41.2 Å². The lowest BCUT2D eigenvalue weighted by Gasteiger charge is -2.11. The Bertz CT molecular complexity index is 1070. The van der Waals surface area contributed by atoms with Crippen LogP contribution in [0.1, 0.15) is 33.1 Å². The molecule has 0 atom stereocenters. The van der Waals surface area contributed by atoms with Crippen molar-refractivity contribution in [1.82, 2.24) is 20.0 Å². The fourth-order valence-corrected chi connectivity index (χ4v) is 2.94. The third-order valence-corrected chi connectivity index (χ3v) is 4.52. The molecule has 160 valence electrons. The van der Waals surface area contributed by atoms with Gasteiger partial charge >= 0.3 is 6.18 Å². The number of alkyl halides is 3. The molecule has 0 aliphatic heterocycles. The van der Waals surface area contributed by atoms with Crippen LogP contribution in [-0.4, -0.2) is 40.1 Å². The predicted octanol–water partition coefficient (Wildman–Crippen LogP) is 3.56. The summed E-state index contributed by atoms with van der Waals surface area (Å²) in [6, 6.07) is 6.11. The van der Waals surface area contributed by atoms with Crippen LogP contribution in [0.15, 0.2) is 24.3 Å². The Hall–Kier alpha value is -3.50. The van der Waals surface area contributed by atoms with Crippen LogP contribution >= 0.6 is 0 Å². The molecule has 0 bridgehead atoms. The Kier molecular flexibility index (Phi) is 5.72. The molecule has 0 spiro atoms. The molecule has 0 aliphatic carbocycles. The lowest BCUT2D eigenvalue weighted by atomic mass is 10.2. The van der Waals surface area contributed by atoms with E-state index in [9.17, 15) is 18.0 Å². The Balaban J connectivity index is 1.80. The van der Waals surface area contributed by atoms with Gasteiger partial charge in [-0.15, -0.1) is 0 Å². The van der Waals surface area contributed by atoms with Crippen molar-refractivity contribution in [3.8, 4) is 11.5 Å². The van der Waals surface area contributed by atoms with E-state index in [1.54, 1.807) is 31.7 Å². The van der Waals surface area contributed by atoms with E-state index in [4.69, 9.17) is 9.47 Å². The number of hydrogen-bond acceptors (Lipinski definition) is 5. The molecule has 0 aliphatic rings. The Morgan fingerprint density at radius 1 is 1.17 bits per heavy atom. The number of methoxy groups -OCH3 is 2. The van der Waals surface area contributed by atoms with Crippen LogP contribution in [0.2, 0.25) is 0 Å². The first-order valence-corrected chi connectivity index (χ1v) is 8.83. The van der Waals surface area contributed by atoms with Gasteiger partial charge in [-0.2, -0.15) is 23.4 Å². The van der Waals surface area contributed by atoms with Crippen LogP contribution in [0.4, 0.5) is 18.9 Å². The number of rotatable bonds is 6. The van der Waals surface area contributed by atoms with E-state index in [0.717, 1.165) is 5.56 Å². The number of nitrogens with one attached hydrogen (secondary N) is 2. The molecule has 2 heterocycles. The molecule has 3 rings (SSSR count). The van der Waals surface area contributed by atoms with E-state index in [2.05, 4.69) is 15.5 Å². The summed E-state index contributed by atoms with van der Waals surface area (Å²) in [6.07, 6.45) is -4.61. The zero-order chi connectivity index (χ0) is 22.1. The largest absolute Gasteiger partial charge is 0.493 e. The number of anilines is 1. The highest BCUT2D eigenvalue weighted by molar-refractivity contribution is 6.03. The topological polar surface area (TPSA) is 94.1 Å². The minimum absolute atomic E-state index is 0.367. The molecule has 3 aromatic rings. The number of ether oxygens (including phenoxy) is 2. The van der Waals surface area contributed by atoms with Gasteiger partial charge in [0.1, 0.15) is 5.69 Å². The molecular weight excluding hydrogens is 403 g/mol. The minimum Gasteiger partial charge on any atom is -0.493 e. The molecular formula is C19H20F3N5O3. The number of amides is 1. The molecule has 0 radical (unpaired) electrons. The van der Waals surface area contributed by atoms with Gasteiger partial charge in [-0.05, 0) is 31.5 Å². The number of aromatic amines is 1. The van der Waals surface area contributed by atoms with Crippen molar-refractivity contribution in [3.05, 3.63) is 52.6 Å². The monoisotopic (exact) mass is 423 g/mol. The second kappa shape index (κ2) is 8.09. The minimum atomic E-state index is -4.61. The van der Waals surface area contributed by atoms with Gasteiger partial charge in [0.15, 0.2) is 17.2 Å². The normalized spacial score (nSPS) is 11.4. The van der Waals surface area contributed by atoms with Crippen molar-refractivity contribution in [2.24, 2.45) is 0 Å². The third kappa shape index (κ3) is 4.24. The average Bonchev–Trinajstić information content (AvgIpc) is 3.29. The van der Waals surface area contributed by atoms with Gasteiger partial charge in [-0.25, -0.2) is 0 Å². The summed E-state index contributed by atoms with van der Waals surface area (Å²) in [5.41, 5.74) is 1.00. The standard InChI is InChI=1S/C19H20F3N5O3/c1-10-17(23-18(28)13-8-16(25-24-13)19(20,21)22)11(2)27(26-10)9-12-5-6-14(29-3)15(7-12)30-4/h5-8H,9H2,1-4H3,(H,23,28)(H,24,25). The summed E-state index contributed by atoms with van der Waals surface area (Å²) < 4.78 is 50.3. The summed E-state index contributed by atoms with van der Waals surface area (Å²) in [5.74, 6) is 0.405. The SMILES string of the molecule is COc1ccc(Cn2nc(C)c(NC(=O)c3cc(C(F)(F)F)[nH]n3)c2C)cc1OC. The maximum Gasteiger partial charge on any atom is 0.432 e. The van der Waals surface area contributed by atoms with Crippen LogP contribution in [0.3, 0.4) is 0 Å². The number of H-pyrrole nitrogens is 1. The van der Waals surface area contributed by atoms with Crippen molar-refractivity contribution < 1.29 is 27.4 Å². The maximum atomic E-state index is 12.7. The van der Waals surface area contributed by atoms with Gasteiger partial charge in [0.2, 0.25) is 0 Å². The number of nitrogens with zero attached hydrogens (tertiary/aromatic N) is 3. The van der Waals surface area contributed by atoms with Crippen LogP contribution in [0, 0.1) is 13.8 Å². The summed E-state index contributed by atoms with van der Waals surface area (Å²) >= 11 is 0. The number of halogens is 3. The third-order valence-electron chi connectivity index (χ3n) is 4.52. The highest BCUT2D eigenvalue weighted by Gasteiger charge is 2.34. The first kappa shape index (κ1) is 21.2. The number of carbonyl (C=O) groups excluding carboxylic acids is 1. The van der Waals surface area contributed by atoms with Gasteiger partial charge < -0.3 is 14.8 Å². The number of aromatic nitrogens is 4. The van der Waals surface area contributed by atoms with Gasteiger partial charge in [-0.3, -0.25) is 14.6 Å². The van der Waals surface area contributed by atoms with Gasteiger partial charge in [0.25, 0.3) is 5.91 Å². The van der Waals surface area contributed by atoms with Gasteiger partial charge in [0, 0.05) is 6.07 Å². The Labute approximate surface area is 170 Å². The predicted molar refractivity (Wildman–Crippen MR) is 102 cm³/mol. The molecule has 2 aromatic heterocycles. The molecule has 0 unspecified atom stereocenters. The van der Waals surface area contributed by atoms with E-state index in [1.807, 2.05) is 17.2 Å². The lowest BCUT2D eigenvalue weighted by Crippen LogP contribution is -2.14. The first-order chi connectivity index (χ1) is 14.1. The number of carbonyl (C=O) groups is 1. The van der Waals surface area contributed by atoms with E-state index in [1.165, 1.54) is 7.11 Å². The van der Waals surface area contributed by atoms with Crippen LogP contribution < -0.4 is 14.8 Å². The molecule has 1 amide bonds. The molecule has 0 saturated carbocycles. The zero-order valence-corrected chi connectivity index (χ0v) is 16.7. The fraction of sp³-hybridized carbons (Fsp3) is 0.316. The van der Waals surface area contributed by atoms with E-state index in [-0.39, 0.29) is 5.69 Å². The van der Waals surface area contributed by atoms with Crippen molar-refractivity contribution in [2.75, 3.05) is 19.5 Å².